The van der Waals surface area contributed by atoms with Gasteiger partial charge in [0, 0.05) is 6.07 Å². The third kappa shape index (κ3) is 3.29. The minimum absolute atomic E-state index is 0.0456. The number of aromatic nitrogens is 1. The SMILES string of the molecule is COc1cc(OC(F)(F)F)c(I)[nH]c1=O. The van der Waals surface area contributed by atoms with Crippen molar-refractivity contribution in [2.45, 2.75) is 6.36 Å². The minimum atomic E-state index is -4.80. The Labute approximate surface area is 95.5 Å². The van der Waals surface area contributed by atoms with E-state index in [1.54, 1.807) is 0 Å². The molecule has 0 aliphatic carbocycles. The summed E-state index contributed by atoms with van der Waals surface area (Å²) in [6.07, 6.45) is -4.80. The summed E-state index contributed by atoms with van der Waals surface area (Å²) < 4.78 is 43.9. The van der Waals surface area contributed by atoms with Gasteiger partial charge in [-0.2, -0.15) is 0 Å². The maximum Gasteiger partial charge on any atom is 0.573 e. The molecule has 15 heavy (non-hydrogen) atoms. The van der Waals surface area contributed by atoms with Crippen LogP contribution in [0.15, 0.2) is 10.9 Å². The summed E-state index contributed by atoms with van der Waals surface area (Å²) in [7, 11) is 1.18. The van der Waals surface area contributed by atoms with Crippen LogP contribution in [-0.4, -0.2) is 18.5 Å². The van der Waals surface area contributed by atoms with Gasteiger partial charge in [0.2, 0.25) is 0 Å². The van der Waals surface area contributed by atoms with Crippen LogP contribution in [0.25, 0.3) is 0 Å². The van der Waals surface area contributed by atoms with Crippen LogP contribution in [-0.2, 0) is 0 Å². The van der Waals surface area contributed by atoms with E-state index in [0.29, 0.717) is 0 Å². The molecule has 1 heterocycles. The van der Waals surface area contributed by atoms with Gasteiger partial charge >= 0.3 is 6.36 Å². The average Bonchev–Trinajstić information content (AvgIpc) is 2.07. The zero-order valence-electron chi connectivity index (χ0n) is 7.31. The second kappa shape index (κ2) is 4.29. The molecule has 0 aromatic carbocycles. The number of aromatic amines is 1. The maximum atomic E-state index is 11.9. The van der Waals surface area contributed by atoms with E-state index in [0.717, 1.165) is 6.07 Å². The van der Waals surface area contributed by atoms with Crippen molar-refractivity contribution in [1.29, 1.82) is 0 Å². The zero-order valence-corrected chi connectivity index (χ0v) is 9.47. The maximum absolute atomic E-state index is 11.9. The lowest BCUT2D eigenvalue weighted by Gasteiger charge is -2.10. The lowest BCUT2D eigenvalue weighted by atomic mass is 10.4. The number of ether oxygens (including phenoxy) is 2. The number of hydrogen-bond acceptors (Lipinski definition) is 3. The lowest BCUT2D eigenvalue weighted by Crippen LogP contribution is -2.20. The molecule has 0 saturated carbocycles. The van der Waals surface area contributed by atoms with Crippen LogP contribution in [0, 0.1) is 3.70 Å². The van der Waals surface area contributed by atoms with Crippen molar-refractivity contribution in [2.24, 2.45) is 0 Å². The number of rotatable bonds is 2. The summed E-state index contributed by atoms with van der Waals surface area (Å²) in [5.41, 5.74) is -0.614. The van der Waals surface area contributed by atoms with Crippen molar-refractivity contribution >= 4 is 22.6 Å². The van der Waals surface area contributed by atoms with Gasteiger partial charge in [0.25, 0.3) is 5.56 Å². The van der Waals surface area contributed by atoms with Crippen LogP contribution in [0.2, 0.25) is 0 Å². The molecule has 4 nitrogen and oxygen atoms in total. The van der Waals surface area contributed by atoms with Crippen LogP contribution in [0.1, 0.15) is 0 Å². The van der Waals surface area contributed by atoms with E-state index in [1.807, 2.05) is 0 Å². The number of halogens is 4. The molecule has 84 valence electrons. The molecule has 1 aromatic rings. The molecule has 0 atom stereocenters. The molecule has 1 N–H and O–H groups in total. The summed E-state index contributed by atoms with van der Waals surface area (Å²) in [6.45, 7) is 0. The average molecular weight is 335 g/mol. The highest BCUT2D eigenvalue weighted by Gasteiger charge is 2.32. The zero-order chi connectivity index (χ0) is 11.6. The molecular formula is C7H5F3INO3. The van der Waals surface area contributed by atoms with Gasteiger partial charge in [0.1, 0.15) is 3.70 Å². The molecule has 0 unspecified atom stereocenters. The number of alkyl halides is 3. The minimum Gasteiger partial charge on any atom is -0.491 e. The Balaban J connectivity index is 3.14. The first-order valence-corrected chi connectivity index (χ1v) is 4.64. The molecular weight excluding hydrogens is 330 g/mol. The number of hydrogen-bond donors (Lipinski definition) is 1. The number of H-pyrrole nitrogens is 1. The summed E-state index contributed by atoms with van der Waals surface area (Å²) >= 11 is 1.52. The first-order valence-electron chi connectivity index (χ1n) is 3.56. The van der Waals surface area contributed by atoms with Crippen LogP contribution in [0.4, 0.5) is 13.2 Å². The molecule has 0 bridgehead atoms. The van der Waals surface area contributed by atoms with Crippen LogP contribution >= 0.6 is 22.6 Å². The van der Waals surface area contributed by atoms with Gasteiger partial charge in [0.15, 0.2) is 11.5 Å². The second-order valence-corrected chi connectivity index (χ2v) is 3.47. The van der Waals surface area contributed by atoms with E-state index in [9.17, 15) is 18.0 Å². The molecule has 1 rings (SSSR count). The standard InChI is InChI=1S/C7H5F3INO3/c1-14-4-2-3(15-7(8,9)10)5(11)12-6(4)13/h2H,1H3,(H,12,13). The quantitative estimate of drug-likeness (QED) is 0.663. The Hall–Kier alpha value is -0.930. The van der Waals surface area contributed by atoms with Crippen molar-refractivity contribution in [2.75, 3.05) is 7.11 Å². The Morgan fingerprint density at radius 2 is 2.00 bits per heavy atom. The van der Waals surface area contributed by atoms with Crippen LogP contribution in [0.3, 0.4) is 0 Å². The highest BCUT2D eigenvalue weighted by Crippen LogP contribution is 2.27. The topological polar surface area (TPSA) is 51.3 Å². The fraction of sp³-hybridized carbons (Fsp3) is 0.286. The van der Waals surface area contributed by atoms with Crippen molar-refractivity contribution in [3.05, 3.63) is 20.1 Å². The Morgan fingerprint density at radius 1 is 1.40 bits per heavy atom. The third-order valence-electron chi connectivity index (χ3n) is 1.37. The number of pyridine rings is 1. The van der Waals surface area contributed by atoms with Crippen LogP contribution < -0.4 is 15.0 Å². The Bertz CT molecular complexity index is 415. The predicted octanol–water partition coefficient (Wildman–Crippen LogP) is 1.89. The second-order valence-electron chi connectivity index (χ2n) is 2.39. The largest absolute Gasteiger partial charge is 0.573 e. The van der Waals surface area contributed by atoms with Gasteiger partial charge in [-0.1, -0.05) is 0 Å². The van der Waals surface area contributed by atoms with Crippen LogP contribution in [0.5, 0.6) is 11.5 Å². The lowest BCUT2D eigenvalue weighted by molar-refractivity contribution is -0.275. The first kappa shape index (κ1) is 12.1. The van der Waals surface area contributed by atoms with Gasteiger partial charge < -0.3 is 14.5 Å². The number of nitrogens with one attached hydrogen (secondary N) is 1. The summed E-state index contributed by atoms with van der Waals surface area (Å²) in [4.78, 5) is 13.2. The van der Waals surface area contributed by atoms with Gasteiger partial charge in [0.05, 0.1) is 7.11 Å². The molecule has 0 amide bonds. The van der Waals surface area contributed by atoms with Crippen molar-refractivity contribution in [3.8, 4) is 11.5 Å². The molecule has 0 spiro atoms. The van der Waals surface area contributed by atoms with Crippen molar-refractivity contribution < 1.29 is 22.6 Å². The fourth-order valence-electron chi connectivity index (χ4n) is 0.821. The molecule has 0 radical (unpaired) electrons. The van der Waals surface area contributed by atoms with E-state index in [1.165, 1.54) is 29.7 Å². The molecule has 0 fully saturated rings. The number of methoxy groups -OCH3 is 1. The van der Waals surface area contributed by atoms with E-state index >= 15 is 0 Å². The predicted molar refractivity (Wildman–Crippen MR) is 53.0 cm³/mol. The summed E-state index contributed by atoms with van der Waals surface area (Å²) in [5, 5.41) is 0. The fourth-order valence-corrected chi connectivity index (χ4v) is 1.33. The normalized spacial score (nSPS) is 11.3. The van der Waals surface area contributed by atoms with Gasteiger partial charge in [-0.05, 0) is 22.6 Å². The highest BCUT2D eigenvalue weighted by molar-refractivity contribution is 14.1. The van der Waals surface area contributed by atoms with E-state index < -0.39 is 17.7 Å². The first-order chi connectivity index (χ1) is 6.83. The highest BCUT2D eigenvalue weighted by atomic mass is 127. The van der Waals surface area contributed by atoms with E-state index in [4.69, 9.17) is 0 Å². The molecule has 0 aliphatic rings. The van der Waals surface area contributed by atoms with Crippen molar-refractivity contribution in [1.82, 2.24) is 4.98 Å². The van der Waals surface area contributed by atoms with E-state index in [-0.39, 0.29) is 9.45 Å². The van der Waals surface area contributed by atoms with Gasteiger partial charge in [-0.25, -0.2) is 0 Å². The molecule has 8 heteroatoms. The smallest absolute Gasteiger partial charge is 0.491 e. The Kier molecular flexibility index (Phi) is 3.47. The van der Waals surface area contributed by atoms with E-state index in [2.05, 4.69) is 14.5 Å². The molecule has 0 saturated heterocycles. The monoisotopic (exact) mass is 335 g/mol. The molecule has 1 aromatic heterocycles. The summed E-state index contributed by atoms with van der Waals surface area (Å²) in [5.74, 6) is -0.741. The van der Waals surface area contributed by atoms with Gasteiger partial charge in [-0.3, -0.25) is 4.79 Å². The third-order valence-corrected chi connectivity index (χ3v) is 2.17. The Morgan fingerprint density at radius 3 is 2.47 bits per heavy atom. The molecule has 0 aliphatic heterocycles. The van der Waals surface area contributed by atoms with Crippen molar-refractivity contribution in [3.63, 3.8) is 0 Å². The van der Waals surface area contributed by atoms with Gasteiger partial charge in [-0.15, -0.1) is 13.2 Å². The summed E-state index contributed by atoms with van der Waals surface area (Å²) in [6, 6.07) is 0.883.